The van der Waals surface area contributed by atoms with Gasteiger partial charge in [-0.3, -0.25) is 14.5 Å². The van der Waals surface area contributed by atoms with Crippen molar-refractivity contribution < 1.29 is 9.59 Å². The summed E-state index contributed by atoms with van der Waals surface area (Å²) < 4.78 is 0. The van der Waals surface area contributed by atoms with Gasteiger partial charge in [0.05, 0.1) is 12.1 Å². The Morgan fingerprint density at radius 1 is 1.13 bits per heavy atom. The van der Waals surface area contributed by atoms with Crippen LogP contribution in [0.1, 0.15) is 35.4 Å². The minimum atomic E-state index is -0.306. The Morgan fingerprint density at radius 3 is 2.55 bits per heavy atom. The maximum atomic E-state index is 12.5. The Morgan fingerprint density at radius 2 is 1.84 bits per heavy atom. The summed E-state index contributed by atoms with van der Waals surface area (Å²) >= 11 is 0. The van der Waals surface area contributed by atoms with Gasteiger partial charge in [-0.2, -0.15) is 0 Å². The van der Waals surface area contributed by atoms with Gasteiger partial charge in [-0.15, -0.1) is 0 Å². The summed E-state index contributed by atoms with van der Waals surface area (Å²) in [5.74, 6) is 0.521. The molecule has 1 aromatic heterocycles. The molecule has 8 nitrogen and oxygen atoms in total. The molecule has 2 aliphatic heterocycles. The van der Waals surface area contributed by atoms with Gasteiger partial charge in [0.15, 0.2) is 0 Å². The first-order valence-electron chi connectivity index (χ1n) is 10.9. The summed E-state index contributed by atoms with van der Waals surface area (Å²) in [6, 6.07) is 11.1. The van der Waals surface area contributed by atoms with E-state index in [1.807, 2.05) is 36.2 Å². The van der Waals surface area contributed by atoms with Crippen LogP contribution in [-0.4, -0.2) is 72.9 Å². The second-order valence-corrected chi connectivity index (χ2v) is 8.15. The molecule has 0 aliphatic carbocycles. The molecule has 3 heterocycles. The molecule has 8 heteroatoms. The predicted molar refractivity (Wildman–Crippen MR) is 121 cm³/mol. The number of carbonyl (C=O) groups excluding carboxylic acids is 2. The zero-order chi connectivity index (χ0) is 21.8. The van der Waals surface area contributed by atoms with Gasteiger partial charge in [0, 0.05) is 45.1 Å². The molecule has 2 N–H and O–H groups in total. The number of hydrogen-bond acceptors (Lipinski definition) is 6. The second kappa shape index (κ2) is 9.45. The number of carbonyl (C=O) groups is 2. The standard InChI is InChI=1S/C23H30N6O2/c1-3-11-28-12-14-29(15-13-28)16-20(30)25-18-8-6-17(7-9-18)21-26-23(31)19-5-4-10-24-22(19)27(21)2/h4-10,21H,3,11-16H2,1-2H3,(H,25,30)(H,26,31)/t21-/m1/s1. The van der Waals surface area contributed by atoms with Crippen molar-refractivity contribution in [3.8, 4) is 0 Å². The molecular weight excluding hydrogens is 392 g/mol. The first-order chi connectivity index (χ1) is 15.0. The molecule has 0 bridgehead atoms. The van der Waals surface area contributed by atoms with Crippen LogP contribution in [0.3, 0.4) is 0 Å². The highest BCUT2D eigenvalue weighted by Gasteiger charge is 2.30. The molecule has 4 rings (SSSR count). The highest BCUT2D eigenvalue weighted by atomic mass is 16.2. The van der Waals surface area contributed by atoms with Crippen LogP contribution in [0.4, 0.5) is 11.5 Å². The van der Waals surface area contributed by atoms with E-state index in [9.17, 15) is 9.59 Å². The van der Waals surface area contributed by atoms with Gasteiger partial charge < -0.3 is 20.4 Å². The Hall–Kier alpha value is -2.97. The molecule has 0 radical (unpaired) electrons. The van der Waals surface area contributed by atoms with Crippen molar-refractivity contribution in [3.63, 3.8) is 0 Å². The van der Waals surface area contributed by atoms with Crippen LogP contribution in [0.25, 0.3) is 0 Å². The molecule has 1 saturated heterocycles. The Bertz CT molecular complexity index is 924. The number of pyridine rings is 1. The van der Waals surface area contributed by atoms with Crippen LogP contribution in [0, 0.1) is 0 Å². The summed E-state index contributed by atoms with van der Waals surface area (Å²) in [5, 5.41) is 6.00. The maximum Gasteiger partial charge on any atom is 0.256 e. The minimum absolute atomic E-state index is 0.00194. The van der Waals surface area contributed by atoms with Crippen molar-refractivity contribution in [2.75, 3.05) is 56.5 Å². The Balaban J connectivity index is 1.34. The van der Waals surface area contributed by atoms with Gasteiger partial charge in [-0.05, 0) is 42.8 Å². The van der Waals surface area contributed by atoms with E-state index in [2.05, 4.69) is 32.3 Å². The molecule has 0 saturated carbocycles. The lowest BCUT2D eigenvalue weighted by Gasteiger charge is -2.35. The summed E-state index contributed by atoms with van der Waals surface area (Å²) in [4.78, 5) is 35.8. The number of rotatable bonds is 6. The lowest BCUT2D eigenvalue weighted by Crippen LogP contribution is -2.48. The van der Waals surface area contributed by atoms with Gasteiger partial charge in [-0.1, -0.05) is 19.1 Å². The van der Waals surface area contributed by atoms with E-state index in [0.717, 1.165) is 44.0 Å². The van der Waals surface area contributed by atoms with E-state index in [4.69, 9.17) is 0 Å². The topological polar surface area (TPSA) is 80.8 Å². The van der Waals surface area contributed by atoms with Crippen LogP contribution in [0.15, 0.2) is 42.6 Å². The number of hydrogen-bond donors (Lipinski definition) is 2. The summed E-state index contributed by atoms with van der Waals surface area (Å²) in [7, 11) is 1.91. The molecule has 1 aromatic carbocycles. The number of benzene rings is 1. The second-order valence-electron chi connectivity index (χ2n) is 8.15. The van der Waals surface area contributed by atoms with E-state index in [1.54, 1.807) is 18.3 Å². The lowest BCUT2D eigenvalue weighted by molar-refractivity contribution is -0.117. The van der Waals surface area contributed by atoms with E-state index < -0.39 is 0 Å². The molecule has 2 aromatic rings. The van der Waals surface area contributed by atoms with Crippen molar-refractivity contribution in [1.29, 1.82) is 0 Å². The average molecular weight is 423 g/mol. The van der Waals surface area contributed by atoms with Crippen molar-refractivity contribution in [1.82, 2.24) is 20.1 Å². The Labute approximate surface area is 183 Å². The van der Waals surface area contributed by atoms with Crippen molar-refractivity contribution in [2.45, 2.75) is 19.5 Å². The van der Waals surface area contributed by atoms with Crippen molar-refractivity contribution in [2.24, 2.45) is 0 Å². The van der Waals surface area contributed by atoms with Gasteiger partial charge >= 0.3 is 0 Å². The number of anilines is 2. The fourth-order valence-corrected chi connectivity index (χ4v) is 4.22. The normalized spacial score (nSPS) is 19.6. The number of amides is 2. The van der Waals surface area contributed by atoms with Crippen molar-refractivity contribution >= 4 is 23.3 Å². The molecule has 31 heavy (non-hydrogen) atoms. The number of fused-ring (bicyclic) bond motifs is 1. The molecule has 1 atom stereocenters. The highest BCUT2D eigenvalue weighted by molar-refractivity contribution is 6.01. The van der Waals surface area contributed by atoms with Gasteiger partial charge in [0.1, 0.15) is 12.0 Å². The molecular formula is C23H30N6O2. The maximum absolute atomic E-state index is 12.5. The molecule has 2 aliphatic rings. The zero-order valence-electron chi connectivity index (χ0n) is 18.2. The number of aromatic nitrogens is 1. The summed E-state index contributed by atoms with van der Waals surface area (Å²) in [5.41, 5.74) is 2.25. The van der Waals surface area contributed by atoms with Crippen molar-refractivity contribution in [3.05, 3.63) is 53.7 Å². The van der Waals surface area contributed by atoms with Crippen LogP contribution in [0.5, 0.6) is 0 Å². The monoisotopic (exact) mass is 422 g/mol. The molecule has 1 fully saturated rings. The lowest BCUT2D eigenvalue weighted by atomic mass is 10.1. The molecule has 164 valence electrons. The molecule has 2 amide bonds. The van der Waals surface area contributed by atoms with E-state index in [0.29, 0.717) is 17.9 Å². The summed E-state index contributed by atoms with van der Waals surface area (Å²) in [6.07, 6.45) is 2.55. The minimum Gasteiger partial charge on any atom is -0.335 e. The van der Waals surface area contributed by atoms with Gasteiger partial charge in [0.2, 0.25) is 5.91 Å². The van der Waals surface area contributed by atoms with Gasteiger partial charge in [-0.25, -0.2) is 4.98 Å². The van der Waals surface area contributed by atoms with Crippen LogP contribution in [0.2, 0.25) is 0 Å². The molecule has 0 unspecified atom stereocenters. The van der Waals surface area contributed by atoms with Crippen LogP contribution < -0.4 is 15.5 Å². The average Bonchev–Trinajstić information content (AvgIpc) is 2.78. The smallest absolute Gasteiger partial charge is 0.256 e. The van der Waals surface area contributed by atoms with Gasteiger partial charge in [0.25, 0.3) is 5.91 Å². The first kappa shape index (κ1) is 21.3. The first-order valence-corrected chi connectivity index (χ1v) is 10.9. The largest absolute Gasteiger partial charge is 0.335 e. The quantitative estimate of drug-likeness (QED) is 0.741. The third-order valence-electron chi connectivity index (χ3n) is 5.90. The molecule has 0 spiro atoms. The van der Waals surface area contributed by atoms with E-state index in [-0.39, 0.29) is 18.0 Å². The number of nitrogens with one attached hydrogen (secondary N) is 2. The fourth-order valence-electron chi connectivity index (χ4n) is 4.22. The highest BCUT2D eigenvalue weighted by Crippen LogP contribution is 2.30. The van der Waals surface area contributed by atoms with E-state index >= 15 is 0 Å². The van der Waals surface area contributed by atoms with Crippen LogP contribution >= 0.6 is 0 Å². The predicted octanol–water partition coefficient (Wildman–Crippen LogP) is 1.93. The Kier molecular flexibility index (Phi) is 6.48. The summed E-state index contributed by atoms with van der Waals surface area (Å²) in [6.45, 7) is 7.63. The van der Waals surface area contributed by atoms with E-state index in [1.165, 1.54) is 6.42 Å². The fraction of sp³-hybridized carbons (Fsp3) is 0.435. The third-order valence-corrected chi connectivity index (χ3v) is 5.90. The SMILES string of the molecule is CCCN1CCN(CC(=O)Nc2ccc([C@@H]3NC(=O)c4cccnc4N3C)cc2)CC1. The van der Waals surface area contributed by atoms with Crippen LogP contribution in [-0.2, 0) is 4.79 Å². The zero-order valence-corrected chi connectivity index (χ0v) is 18.2. The third kappa shape index (κ3) is 4.86. The number of piperazine rings is 1. The number of nitrogens with zero attached hydrogens (tertiary/aromatic N) is 4.